The number of rotatable bonds is 17. The van der Waals surface area contributed by atoms with Gasteiger partial charge in [0.1, 0.15) is 11.5 Å². The number of para-hydroxylation sites is 2. The van der Waals surface area contributed by atoms with Gasteiger partial charge in [0.15, 0.2) is 15.1 Å². The van der Waals surface area contributed by atoms with E-state index in [1.54, 1.807) is 6.92 Å². The Labute approximate surface area is 289 Å². The molecule has 0 N–H and O–H groups in total. The van der Waals surface area contributed by atoms with Crippen LogP contribution in [0, 0.1) is 13.8 Å². The first-order chi connectivity index (χ1) is 22.4. The quantitative estimate of drug-likeness (QED) is 0.116. The maximum atomic E-state index is 6.96. The zero-order valence-corrected chi connectivity index (χ0v) is 34.1. The Morgan fingerprint density at radius 3 is 1.50 bits per heavy atom. The van der Waals surface area contributed by atoms with Crippen LogP contribution in [-0.4, -0.2) is 42.9 Å². The van der Waals surface area contributed by atoms with E-state index >= 15 is 0 Å². The third kappa shape index (κ3) is 12.4. The van der Waals surface area contributed by atoms with Crippen molar-refractivity contribution in [2.75, 3.05) is 6.61 Å². The predicted octanol–water partition coefficient (Wildman–Crippen LogP) is 12.5. The lowest BCUT2D eigenvalue weighted by atomic mass is 10.2. The van der Waals surface area contributed by atoms with Crippen LogP contribution >= 0.6 is 31.5 Å². The molecular weight excluding hydrogens is 692 g/mol. The van der Waals surface area contributed by atoms with Crippen molar-refractivity contribution in [3.8, 4) is 11.5 Å². The van der Waals surface area contributed by atoms with Gasteiger partial charge in [-0.15, -0.1) is 9.03 Å². The highest BCUT2D eigenvalue weighted by Crippen LogP contribution is 2.77. The molecule has 1 aliphatic heterocycles. The zero-order chi connectivity index (χ0) is 35.8. The third-order valence-electron chi connectivity index (χ3n) is 5.81. The molecule has 2 aromatic rings. The number of benzene rings is 2. The van der Waals surface area contributed by atoms with Crippen molar-refractivity contribution >= 4 is 31.5 Å². The molecule has 0 saturated heterocycles. The molecule has 0 fully saturated rings. The minimum Gasteiger partial charge on any atom is -0.486 e. The van der Waals surface area contributed by atoms with E-state index in [1.165, 1.54) is 0 Å². The van der Waals surface area contributed by atoms with Crippen LogP contribution in [0.3, 0.4) is 0 Å². The van der Waals surface area contributed by atoms with Gasteiger partial charge in [-0.3, -0.25) is 4.52 Å². The first kappa shape index (κ1) is 41.0. The molecule has 2 unspecified atom stereocenters. The first-order valence-corrected chi connectivity index (χ1v) is 21.7. The van der Waals surface area contributed by atoms with Gasteiger partial charge in [0.25, 0.3) is 0 Å². The highest BCUT2D eigenvalue weighted by Gasteiger charge is 2.45. The van der Waals surface area contributed by atoms with E-state index in [2.05, 4.69) is 0 Å². The minimum atomic E-state index is -3.73. The fourth-order valence-corrected chi connectivity index (χ4v) is 14.7. The van der Waals surface area contributed by atoms with Crippen LogP contribution in [0.25, 0.3) is 0 Å². The summed E-state index contributed by atoms with van der Waals surface area (Å²) in [5.74, 6) is -0.181. The molecule has 270 valence electrons. The van der Waals surface area contributed by atoms with Crippen LogP contribution < -0.4 is 9.47 Å². The second-order valence-electron chi connectivity index (χ2n) is 12.8. The predicted molar refractivity (Wildman–Crippen MR) is 196 cm³/mol. The summed E-state index contributed by atoms with van der Waals surface area (Å²) in [6.45, 7) is 24.6. The van der Waals surface area contributed by atoms with Crippen LogP contribution in [0.4, 0.5) is 0 Å². The maximum Gasteiger partial charge on any atom is 0.354 e. The van der Waals surface area contributed by atoms with Crippen LogP contribution in [-0.2, 0) is 27.1 Å². The molecular formula is C32H54N4O8P4. The molecule has 3 rings (SSSR count). The van der Waals surface area contributed by atoms with Crippen molar-refractivity contribution in [2.24, 2.45) is 18.1 Å². The first-order valence-electron chi connectivity index (χ1n) is 16.3. The van der Waals surface area contributed by atoms with E-state index in [0.717, 1.165) is 11.1 Å². The van der Waals surface area contributed by atoms with Gasteiger partial charge in [-0.05, 0) is 106 Å². The SMILES string of the molecule is Cc1ccccc1OCC(C)(Oc1ccccc1C)OP1(OC(C)C)=NP=NP(OC(C)C)(OC(C)C)=NP(OC(C)C)(OC(C)C)=N1. The molecule has 0 spiro atoms. The van der Waals surface area contributed by atoms with Crippen molar-refractivity contribution in [1.29, 1.82) is 0 Å². The van der Waals surface area contributed by atoms with E-state index in [9.17, 15) is 0 Å². The number of ether oxygens (including phenoxy) is 2. The Morgan fingerprint density at radius 1 is 0.604 bits per heavy atom. The van der Waals surface area contributed by atoms with E-state index in [-0.39, 0.29) is 45.7 Å². The Balaban J connectivity index is 2.35. The Bertz CT molecular complexity index is 1540. The summed E-state index contributed by atoms with van der Waals surface area (Å²) in [7, 11) is -10.6. The van der Waals surface area contributed by atoms with E-state index in [1.807, 2.05) is 132 Å². The molecule has 1 heterocycles. The Hall–Kier alpha value is -1.41. The molecule has 0 radical (unpaired) electrons. The molecule has 0 aliphatic carbocycles. The van der Waals surface area contributed by atoms with Gasteiger partial charge >= 0.3 is 23.0 Å². The number of hydrogen-bond acceptors (Lipinski definition) is 12. The van der Waals surface area contributed by atoms with Gasteiger partial charge in [-0.25, -0.2) is 0 Å². The summed E-state index contributed by atoms with van der Waals surface area (Å²) in [4.78, 5) is 0. The summed E-state index contributed by atoms with van der Waals surface area (Å²) in [6, 6.07) is 15.4. The fourth-order valence-electron chi connectivity index (χ4n) is 4.31. The van der Waals surface area contributed by atoms with E-state index in [0.29, 0.717) is 11.5 Å². The van der Waals surface area contributed by atoms with Crippen LogP contribution in [0.15, 0.2) is 66.6 Å². The summed E-state index contributed by atoms with van der Waals surface area (Å²) in [6.07, 6.45) is -1.64. The average molecular weight is 747 g/mol. The second-order valence-corrected chi connectivity index (χ2v) is 20.1. The standard InChI is InChI=1S/C32H54N4O8P4/c1-23(2)39-46(40-24(3)4)33-45-34-47(41-25(5)6,36-48(35-46,42-26(7)8)43-27(9)10)44-32(13,38-31-21-17-15-19-29(31)12)22-37-30-20-16-14-18-28(30)11/h14-21,23-27H,22H2,1-13H3. The van der Waals surface area contributed by atoms with E-state index < -0.39 is 28.8 Å². The smallest absolute Gasteiger partial charge is 0.354 e. The normalized spacial score (nSPS) is 20.5. The second kappa shape index (κ2) is 17.7. The van der Waals surface area contributed by atoms with E-state index in [4.69, 9.17) is 54.7 Å². The molecule has 12 nitrogen and oxygen atoms in total. The number of nitrogens with zero attached hydrogens (tertiary/aromatic N) is 4. The lowest BCUT2D eigenvalue weighted by molar-refractivity contribution is -0.127. The number of aryl methyl sites for hydroxylation is 2. The largest absolute Gasteiger partial charge is 0.486 e. The van der Waals surface area contributed by atoms with Crippen molar-refractivity contribution in [1.82, 2.24) is 0 Å². The molecule has 16 heteroatoms. The van der Waals surface area contributed by atoms with Crippen molar-refractivity contribution in [3.05, 3.63) is 59.7 Å². The van der Waals surface area contributed by atoms with Crippen molar-refractivity contribution in [3.63, 3.8) is 0 Å². The summed E-state index contributed by atoms with van der Waals surface area (Å²) in [5, 5.41) is 0. The minimum absolute atomic E-state index is 0.0308. The van der Waals surface area contributed by atoms with Gasteiger partial charge in [0, 0.05) is 6.92 Å². The molecule has 1 aliphatic rings. The summed E-state index contributed by atoms with van der Waals surface area (Å²) in [5.41, 5.74) is 1.88. The van der Waals surface area contributed by atoms with Crippen LogP contribution in [0.1, 0.15) is 87.3 Å². The molecule has 0 amide bonds. The molecule has 48 heavy (non-hydrogen) atoms. The average Bonchev–Trinajstić information content (AvgIpc) is 2.91. The number of hydrogen-bond donors (Lipinski definition) is 0. The molecule has 0 saturated carbocycles. The molecule has 0 aromatic heterocycles. The van der Waals surface area contributed by atoms with Gasteiger partial charge in [-0.2, -0.15) is 9.03 Å². The van der Waals surface area contributed by atoms with Crippen molar-refractivity contribution in [2.45, 2.75) is 126 Å². The topological polar surface area (TPSA) is 123 Å². The van der Waals surface area contributed by atoms with Gasteiger partial charge in [0.05, 0.1) is 30.5 Å². The van der Waals surface area contributed by atoms with Crippen molar-refractivity contribution < 1.29 is 36.6 Å². The highest BCUT2D eigenvalue weighted by molar-refractivity contribution is 7.74. The monoisotopic (exact) mass is 746 g/mol. The lowest BCUT2D eigenvalue weighted by Crippen LogP contribution is -2.41. The van der Waals surface area contributed by atoms with Crippen LogP contribution in [0.5, 0.6) is 11.5 Å². The fraction of sp³-hybridized carbons (Fsp3) is 0.625. The third-order valence-corrected chi connectivity index (χ3v) is 16.0. The molecule has 0 bridgehead atoms. The van der Waals surface area contributed by atoms with Gasteiger partial charge in [-0.1, -0.05) is 36.4 Å². The zero-order valence-electron chi connectivity index (χ0n) is 30.6. The molecule has 2 atom stereocenters. The summed E-state index contributed by atoms with van der Waals surface area (Å²) < 4.78 is 72.6. The summed E-state index contributed by atoms with van der Waals surface area (Å²) >= 11 is 0. The molecule has 2 aromatic carbocycles. The highest BCUT2D eigenvalue weighted by atomic mass is 31.3. The maximum absolute atomic E-state index is 6.96. The Kier molecular flexibility index (Phi) is 15.1. The lowest BCUT2D eigenvalue weighted by Gasteiger charge is -2.37. The Morgan fingerprint density at radius 2 is 1.02 bits per heavy atom. The van der Waals surface area contributed by atoms with Crippen LogP contribution in [0.2, 0.25) is 0 Å². The van der Waals surface area contributed by atoms with Gasteiger partial charge in [0.2, 0.25) is 5.79 Å². The van der Waals surface area contributed by atoms with Gasteiger partial charge < -0.3 is 32.1 Å².